The molecule has 16 heavy (non-hydrogen) atoms. The molecule has 1 heterocycles. The van der Waals surface area contributed by atoms with Crippen LogP contribution in [0, 0.1) is 0 Å². The summed E-state index contributed by atoms with van der Waals surface area (Å²) in [5.74, 6) is 0.226. The summed E-state index contributed by atoms with van der Waals surface area (Å²) in [6.07, 6.45) is 2.19. The normalized spacial score (nSPS) is 11.0. The van der Waals surface area contributed by atoms with Gasteiger partial charge in [0.05, 0.1) is 11.4 Å². The summed E-state index contributed by atoms with van der Waals surface area (Å²) in [6, 6.07) is 1.93. The molecule has 0 spiro atoms. The minimum Gasteiger partial charge on any atom is -0.296 e. The smallest absolute Gasteiger partial charge is 0.187 e. The molecule has 4 heteroatoms. The van der Waals surface area contributed by atoms with Gasteiger partial charge < -0.3 is 0 Å². The van der Waals surface area contributed by atoms with E-state index in [0.717, 1.165) is 35.3 Å². The van der Waals surface area contributed by atoms with Crippen LogP contribution in [0.4, 0.5) is 0 Å². The third kappa shape index (κ3) is 4.00. The summed E-state index contributed by atoms with van der Waals surface area (Å²) in [6.45, 7) is 6.84. The van der Waals surface area contributed by atoms with Gasteiger partial charge in [-0.05, 0) is 53.3 Å². The summed E-state index contributed by atoms with van der Waals surface area (Å²) >= 11 is 4.92. The van der Waals surface area contributed by atoms with Crippen LogP contribution < -0.4 is 0 Å². The van der Waals surface area contributed by atoms with Gasteiger partial charge >= 0.3 is 0 Å². The number of carbonyl (C=O) groups is 1. The van der Waals surface area contributed by atoms with Crippen LogP contribution in [-0.4, -0.2) is 30.3 Å². The topological polar surface area (TPSA) is 20.3 Å². The van der Waals surface area contributed by atoms with Crippen molar-refractivity contribution >= 4 is 33.0 Å². The quantitative estimate of drug-likeness (QED) is 0.714. The molecule has 0 aromatic carbocycles. The minimum atomic E-state index is 0.226. The van der Waals surface area contributed by atoms with Gasteiger partial charge in [0, 0.05) is 4.47 Å². The molecule has 0 saturated carbocycles. The van der Waals surface area contributed by atoms with Crippen molar-refractivity contribution in [2.45, 2.75) is 26.7 Å². The number of nitrogens with zero attached hydrogens (tertiary/aromatic N) is 1. The third-order valence-corrected chi connectivity index (χ3v) is 4.20. The number of hydrogen-bond donors (Lipinski definition) is 0. The lowest BCUT2D eigenvalue weighted by molar-refractivity contribution is 0.0934. The standard InChI is InChI=1S/C12H18BrNOS/c1-3-6-14(7-4-2)9-11(15)12-10(13)5-8-16-12/h5,8H,3-4,6-7,9H2,1-2H3. The number of thiophene rings is 1. The van der Waals surface area contributed by atoms with Crippen molar-refractivity contribution in [3.8, 4) is 0 Å². The van der Waals surface area contributed by atoms with Gasteiger partial charge in [0.25, 0.3) is 0 Å². The van der Waals surface area contributed by atoms with E-state index < -0.39 is 0 Å². The molecule has 1 aromatic rings. The fourth-order valence-electron chi connectivity index (χ4n) is 1.67. The first-order chi connectivity index (χ1) is 7.69. The Hall–Kier alpha value is -0.190. The van der Waals surface area contributed by atoms with Crippen LogP contribution in [0.25, 0.3) is 0 Å². The Balaban J connectivity index is 2.58. The van der Waals surface area contributed by atoms with Gasteiger partial charge in [0.2, 0.25) is 0 Å². The number of carbonyl (C=O) groups excluding carboxylic acids is 1. The summed E-state index contributed by atoms with van der Waals surface area (Å²) in [5, 5.41) is 1.95. The molecule has 0 bridgehead atoms. The van der Waals surface area contributed by atoms with Crippen molar-refractivity contribution in [2.24, 2.45) is 0 Å². The Labute approximate surface area is 110 Å². The van der Waals surface area contributed by atoms with Gasteiger partial charge in [-0.1, -0.05) is 13.8 Å². The molecule has 0 saturated heterocycles. The molecule has 0 aliphatic carbocycles. The molecule has 0 aliphatic heterocycles. The lowest BCUT2D eigenvalue weighted by atomic mass is 10.2. The monoisotopic (exact) mass is 303 g/mol. The summed E-state index contributed by atoms with van der Waals surface area (Å²) in [7, 11) is 0. The van der Waals surface area contributed by atoms with E-state index in [1.165, 1.54) is 11.3 Å². The zero-order chi connectivity index (χ0) is 12.0. The Morgan fingerprint density at radius 3 is 2.44 bits per heavy atom. The van der Waals surface area contributed by atoms with Crippen molar-refractivity contribution in [3.05, 3.63) is 20.8 Å². The van der Waals surface area contributed by atoms with Crippen LogP contribution in [0.2, 0.25) is 0 Å². The second-order valence-electron chi connectivity index (χ2n) is 3.80. The number of halogens is 1. The van der Waals surface area contributed by atoms with Gasteiger partial charge in [-0.3, -0.25) is 9.69 Å². The van der Waals surface area contributed by atoms with Crippen molar-refractivity contribution in [3.63, 3.8) is 0 Å². The molecular weight excluding hydrogens is 286 g/mol. The molecular formula is C12H18BrNOS. The SMILES string of the molecule is CCCN(CCC)CC(=O)c1sccc1Br. The van der Waals surface area contributed by atoms with Gasteiger partial charge in [0.15, 0.2) is 5.78 Å². The number of hydrogen-bond acceptors (Lipinski definition) is 3. The highest BCUT2D eigenvalue weighted by molar-refractivity contribution is 9.10. The van der Waals surface area contributed by atoms with Gasteiger partial charge in [0.1, 0.15) is 0 Å². The Morgan fingerprint density at radius 1 is 1.38 bits per heavy atom. The number of Topliss-reactive ketones (excluding diaryl/α,β-unsaturated/α-hetero) is 1. The highest BCUT2D eigenvalue weighted by Crippen LogP contribution is 2.23. The first-order valence-electron chi connectivity index (χ1n) is 5.67. The lowest BCUT2D eigenvalue weighted by Gasteiger charge is -2.19. The fourth-order valence-corrected chi connectivity index (χ4v) is 3.20. The van der Waals surface area contributed by atoms with Crippen LogP contribution in [0.15, 0.2) is 15.9 Å². The molecule has 2 nitrogen and oxygen atoms in total. The maximum absolute atomic E-state index is 12.0. The molecule has 90 valence electrons. The highest BCUT2D eigenvalue weighted by atomic mass is 79.9. The van der Waals surface area contributed by atoms with Crippen molar-refractivity contribution in [1.29, 1.82) is 0 Å². The Bertz CT molecular complexity index is 332. The predicted molar refractivity (Wildman–Crippen MR) is 73.4 cm³/mol. The Kier molecular flexibility index (Phi) is 6.24. The maximum Gasteiger partial charge on any atom is 0.187 e. The summed E-state index contributed by atoms with van der Waals surface area (Å²) < 4.78 is 0.926. The van der Waals surface area contributed by atoms with Crippen LogP contribution in [0.5, 0.6) is 0 Å². The molecule has 0 radical (unpaired) electrons. The molecule has 0 atom stereocenters. The van der Waals surface area contributed by atoms with Gasteiger partial charge in [-0.15, -0.1) is 11.3 Å². The zero-order valence-electron chi connectivity index (χ0n) is 9.83. The Morgan fingerprint density at radius 2 is 2.00 bits per heavy atom. The second-order valence-corrected chi connectivity index (χ2v) is 5.57. The average Bonchev–Trinajstić information content (AvgIpc) is 2.65. The van der Waals surface area contributed by atoms with E-state index in [1.54, 1.807) is 0 Å². The van der Waals surface area contributed by atoms with E-state index in [9.17, 15) is 4.79 Å². The molecule has 0 aliphatic rings. The predicted octanol–water partition coefficient (Wildman–Crippen LogP) is 3.82. The van der Waals surface area contributed by atoms with Crippen LogP contribution in [-0.2, 0) is 0 Å². The summed E-state index contributed by atoms with van der Waals surface area (Å²) in [5.41, 5.74) is 0. The van der Waals surface area contributed by atoms with E-state index in [0.29, 0.717) is 6.54 Å². The average molecular weight is 304 g/mol. The largest absolute Gasteiger partial charge is 0.296 e. The van der Waals surface area contributed by atoms with E-state index in [4.69, 9.17) is 0 Å². The molecule has 1 rings (SSSR count). The fraction of sp³-hybridized carbons (Fsp3) is 0.583. The lowest BCUT2D eigenvalue weighted by Crippen LogP contribution is -2.31. The van der Waals surface area contributed by atoms with Crippen LogP contribution in [0.3, 0.4) is 0 Å². The van der Waals surface area contributed by atoms with Crippen LogP contribution in [0.1, 0.15) is 36.4 Å². The summed E-state index contributed by atoms with van der Waals surface area (Å²) in [4.78, 5) is 15.1. The first kappa shape index (κ1) is 13.9. The highest BCUT2D eigenvalue weighted by Gasteiger charge is 2.14. The minimum absolute atomic E-state index is 0.226. The van der Waals surface area contributed by atoms with Gasteiger partial charge in [-0.2, -0.15) is 0 Å². The zero-order valence-corrected chi connectivity index (χ0v) is 12.2. The third-order valence-electron chi connectivity index (χ3n) is 2.32. The van der Waals surface area contributed by atoms with Crippen LogP contribution >= 0.6 is 27.3 Å². The van der Waals surface area contributed by atoms with E-state index >= 15 is 0 Å². The van der Waals surface area contributed by atoms with Crippen molar-refractivity contribution in [1.82, 2.24) is 4.90 Å². The second kappa shape index (κ2) is 7.20. The number of rotatable bonds is 7. The van der Waals surface area contributed by atoms with Crippen molar-refractivity contribution < 1.29 is 4.79 Å². The molecule has 1 aromatic heterocycles. The first-order valence-corrected chi connectivity index (χ1v) is 7.34. The number of ketones is 1. The van der Waals surface area contributed by atoms with E-state index in [-0.39, 0.29) is 5.78 Å². The van der Waals surface area contributed by atoms with E-state index in [2.05, 4.69) is 34.7 Å². The maximum atomic E-state index is 12.0. The van der Waals surface area contributed by atoms with E-state index in [1.807, 2.05) is 11.4 Å². The molecule has 0 N–H and O–H groups in total. The van der Waals surface area contributed by atoms with Gasteiger partial charge in [-0.25, -0.2) is 0 Å². The molecule has 0 amide bonds. The molecule has 0 fully saturated rings. The molecule has 0 unspecified atom stereocenters. The van der Waals surface area contributed by atoms with Crippen molar-refractivity contribution in [2.75, 3.05) is 19.6 Å².